The Hall–Kier alpha value is -2.39. The number of aromatic nitrogens is 1. The average molecular weight is 391 g/mol. The maximum atomic E-state index is 14.0. The number of carbonyl (C=O) groups excluding carboxylic acids is 1. The van der Waals surface area contributed by atoms with Crippen molar-refractivity contribution in [2.24, 2.45) is 0 Å². The number of amides is 1. The van der Waals surface area contributed by atoms with Gasteiger partial charge in [0.05, 0.1) is 17.3 Å². The van der Waals surface area contributed by atoms with Gasteiger partial charge in [0.25, 0.3) is 6.43 Å². The van der Waals surface area contributed by atoms with Crippen LogP contribution in [0.25, 0.3) is 0 Å². The van der Waals surface area contributed by atoms with Gasteiger partial charge in [0, 0.05) is 18.0 Å². The van der Waals surface area contributed by atoms with Crippen LogP contribution < -0.4 is 9.64 Å². The number of benzene rings is 1. The molecule has 0 fully saturated rings. The second-order valence-electron chi connectivity index (χ2n) is 5.50. The number of nitrogens with zero attached hydrogens (tertiary/aromatic N) is 2. The lowest BCUT2D eigenvalue weighted by molar-refractivity contribution is -0.193. The highest BCUT2D eigenvalue weighted by molar-refractivity contribution is 6.30. The first-order valence-electron chi connectivity index (χ1n) is 7.28. The van der Waals surface area contributed by atoms with E-state index in [9.17, 15) is 27.5 Å². The fourth-order valence-corrected chi connectivity index (χ4v) is 2.75. The maximum Gasteiger partial charge on any atom is 0.483 e. The second kappa shape index (κ2) is 6.73. The summed E-state index contributed by atoms with van der Waals surface area (Å²) in [4.78, 5) is 16.6. The first-order chi connectivity index (χ1) is 12.2. The Labute approximate surface area is 149 Å². The fourth-order valence-electron chi connectivity index (χ4n) is 2.55. The Morgan fingerprint density at radius 2 is 2.04 bits per heavy atom. The molecule has 0 unspecified atom stereocenters. The number of ether oxygens (including phenoxy) is 1. The minimum atomic E-state index is -4.28. The molecule has 0 saturated heterocycles. The molecule has 138 valence electrons. The van der Waals surface area contributed by atoms with Crippen LogP contribution >= 0.6 is 11.6 Å². The van der Waals surface area contributed by atoms with Gasteiger partial charge in [-0.15, -0.1) is 0 Å². The summed E-state index contributed by atoms with van der Waals surface area (Å²) in [5.74, 6) is -2.35. The largest absolute Gasteiger partial charge is 0.483 e. The molecule has 0 radical (unpaired) electrons. The van der Waals surface area contributed by atoms with Crippen molar-refractivity contribution in [3.8, 4) is 5.75 Å². The predicted octanol–water partition coefficient (Wildman–Crippen LogP) is 3.55. The van der Waals surface area contributed by atoms with E-state index in [1.807, 2.05) is 0 Å². The summed E-state index contributed by atoms with van der Waals surface area (Å²) >= 11 is 5.80. The van der Waals surface area contributed by atoms with E-state index in [4.69, 9.17) is 11.6 Å². The van der Waals surface area contributed by atoms with Crippen molar-refractivity contribution in [2.45, 2.75) is 25.2 Å². The van der Waals surface area contributed by atoms with Gasteiger partial charge in [-0.1, -0.05) is 23.7 Å². The number of anilines is 1. The molecular formula is C16H11ClF4N2O3. The van der Waals surface area contributed by atoms with Crippen molar-refractivity contribution in [3.05, 3.63) is 52.8 Å². The van der Waals surface area contributed by atoms with Crippen molar-refractivity contribution in [2.75, 3.05) is 4.90 Å². The molecule has 1 aromatic heterocycles. The van der Waals surface area contributed by atoms with Gasteiger partial charge in [0.2, 0.25) is 0 Å². The molecule has 26 heavy (non-hydrogen) atoms. The zero-order valence-electron chi connectivity index (χ0n) is 12.9. The van der Waals surface area contributed by atoms with Crippen LogP contribution in [0.15, 0.2) is 36.7 Å². The third-order valence-electron chi connectivity index (χ3n) is 3.70. The molecule has 0 bridgehead atoms. The Kier molecular flexibility index (Phi) is 4.76. The number of aliphatic hydroxyl groups is 1. The summed E-state index contributed by atoms with van der Waals surface area (Å²) in [6.45, 7) is -0.341. The molecular weight excluding hydrogens is 380 g/mol. The molecule has 0 aliphatic carbocycles. The molecule has 0 spiro atoms. The molecule has 1 amide bonds. The highest BCUT2D eigenvalue weighted by atomic mass is 35.5. The topological polar surface area (TPSA) is 62.7 Å². The van der Waals surface area contributed by atoms with Crippen molar-refractivity contribution < 1.29 is 32.2 Å². The van der Waals surface area contributed by atoms with E-state index < -0.39 is 35.9 Å². The summed E-state index contributed by atoms with van der Waals surface area (Å²) in [6.07, 6.45) is -7.20. The van der Waals surface area contributed by atoms with E-state index in [1.54, 1.807) is 0 Å². The van der Waals surface area contributed by atoms with Gasteiger partial charge in [0.15, 0.2) is 5.75 Å². The fraction of sp³-hybridized carbons (Fsp3) is 0.250. The van der Waals surface area contributed by atoms with E-state index >= 15 is 0 Å². The zero-order valence-corrected chi connectivity index (χ0v) is 13.6. The van der Waals surface area contributed by atoms with Crippen LogP contribution in [0.3, 0.4) is 0 Å². The molecule has 3 rings (SSSR count). The molecule has 5 nitrogen and oxygen atoms in total. The number of alkyl halides is 4. The summed E-state index contributed by atoms with van der Waals surface area (Å²) in [7, 11) is 0. The van der Waals surface area contributed by atoms with E-state index in [-0.39, 0.29) is 17.3 Å². The van der Waals surface area contributed by atoms with Crippen LogP contribution in [0.5, 0.6) is 5.75 Å². The smallest absolute Gasteiger partial charge is 0.423 e. The van der Waals surface area contributed by atoms with Crippen molar-refractivity contribution in [3.63, 3.8) is 0 Å². The van der Waals surface area contributed by atoms with Gasteiger partial charge in [0.1, 0.15) is 6.10 Å². The number of carbonyl (C=O) groups is 1. The third-order valence-corrected chi connectivity index (χ3v) is 3.91. The van der Waals surface area contributed by atoms with Gasteiger partial charge < -0.3 is 9.84 Å². The molecule has 1 atom stereocenters. The van der Waals surface area contributed by atoms with Gasteiger partial charge >= 0.3 is 12.0 Å². The lowest BCUT2D eigenvalue weighted by Crippen LogP contribution is -2.50. The van der Waals surface area contributed by atoms with E-state index in [0.29, 0.717) is 10.5 Å². The predicted molar refractivity (Wildman–Crippen MR) is 83.4 cm³/mol. The molecule has 1 aliphatic heterocycles. The normalized spacial score (nSPS) is 17.0. The minimum Gasteiger partial charge on any atom is -0.423 e. The Morgan fingerprint density at radius 3 is 2.69 bits per heavy atom. The third kappa shape index (κ3) is 3.32. The van der Waals surface area contributed by atoms with Crippen LogP contribution in [0.1, 0.15) is 17.2 Å². The standard InChI is InChI=1S/C16H11ClF4N2O3/c17-9-4-8(5-22-6-9)7-23-11-3-1-2-10(12(24)14(18)19)13(11)26-16(20,21)15(23)25/h1-6,12,14,24H,7H2/t12-/m1/s1. The molecule has 1 aliphatic rings. The van der Waals surface area contributed by atoms with Gasteiger partial charge in [-0.3, -0.25) is 14.7 Å². The number of hydrogen-bond acceptors (Lipinski definition) is 4. The summed E-state index contributed by atoms with van der Waals surface area (Å²) in [5, 5.41) is 9.83. The number of fused-ring (bicyclic) bond motifs is 1. The molecule has 2 aromatic rings. The number of halogens is 5. The molecule has 10 heteroatoms. The second-order valence-corrected chi connectivity index (χ2v) is 5.93. The van der Waals surface area contributed by atoms with Crippen LogP contribution in [-0.2, 0) is 11.3 Å². The van der Waals surface area contributed by atoms with Crippen molar-refractivity contribution in [1.82, 2.24) is 4.98 Å². The number of pyridine rings is 1. The van der Waals surface area contributed by atoms with E-state index in [2.05, 4.69) is 9.72 Å². The van der Waals surface area contributed by atoms with Crippen molar-refractivity contribution >= 4 is 23.2 Å². The molecule has 2 heterocycles. The minimum absolute atomic E-state index is 0.168. The van der Waals surface area contributed by atoms with E-state index in [0.717, 1.165) is 6.07 Å². The summed E-state index contributed by atoms with van der Waals surface area (Å²) < 4.78 is 58.1. The van der Waals surface area contributed by atoms with Gasteiger partial charge in [-0.05, 0) is 17.7 Å². The first kappa shape index (κ1) is 18.4. The zero-order chi connectivity index (χ0) is 19.1. The van der Waals surface area contributed by atoms with E-state index in [1.165, 1.54) is 30.6 Å². The van der Waals surface area contributed by atoms with Crippen LogP contribution in [0.4, 0.5) is 23.2 Å². The molecule has 1 aromatic carbocycles. The Bertz CT molecular complexity index is 850. The monoisotopic (exact) mass is 390 g/mol. The number of aliphatic hydroxyl groups excluding tert-OH is 1. The SMILES string of the molecule is O=C1N(Cc2cncc(Cl)c2)c2cccc([C@@H](O)C(F)F)c2OC1(F)F. The Balaban J connectivity index is 2.09. The Morgan fingerprint density at radius 1 is 1.31 bits per heavy atom. The molecule has 0 saturated carbocycles. The van der Waals surface area contributed by atoms with Gasteiger partial charge in [-0.25, -0.2) is 8.78 Å². The lowest BCUT2D eigenvalue weighted by atomic mass is 10.0. The average Bonchev–Trinajstić information content (AvgIpc) is 2.57. The summed E-state index contributed by atoms with van der Waals surface area (Å²) in [5.41, 5.74) is -0.369. The van der Waals surface area contributed by atoms with Crippen molar-refractivity contribution in [1.29, 1.82) is 0 Å². The number of hydrogen-bond donors (Lipinski definition) is 1. The summed E-state index contributed by atoms with van der Waals surface area (Å²) in [6, 6.07) is 4.96. The highest BCUT2D eigenvalue weighted by Gasteiger charge is 2.51. The number of para-hydroxylation sites is 1. The lowest BCUT2D eigenvalue weighted by Gasteiger charge is -2.35. The van der Waals surface area contributed by atoms with Crippen LogP contribution in [-0.4, -0.2) is 28.5 Å². The maximum absolute atomic E-state index is 14.0. The van der Waals surface area contributed by atoms with Gasteiger partial charge in [-0.2, -0.15) is 8.78 Å². The molecule has 1 N–H and O–H groups in total. The number of rotatable bonds is 4. The first-order valence-corrected chi connectivity index (χ1v) is 7.66. The van der Waals surface area contributed by atoms with Crippen LogP contribution in [0.2, 0.25) is 5.02 Å². The quantitative estimate of drug-likeness (QED) is 0.811. The highest BCUT2D eigenvalue weighted by Crippen LogP contribution is 2.45. The van der Waals surface area contributed by atoms with Crippen LogP contribution in [0, 0.1) is 0 Å².